The van der Waals surface area contributed by atoms with Crippen molar-refractivity contribution in [2.45, 2.75) is 12.8 Å². The molecule has 0 saturated carbocycles. The average molecular weight is 418 g/mol. The van der Waals surface area contributed by atoms with E-state index >= 15 is 0 Å². The first-order valence-electron chi connectivity index (χ1n) is 10.6. The number of anilines is 3. The molecule has 2 aliphatic rings. The largest absolute Gasteiger partial charge is 0.369 e. The number of primary amides is 1. The predicted octanol–water partition coefficient (Wildman–Crippen LogP) is 2.17. The van der Waals surface area contributed by atoms with Crippen molar-refractivity contribution in [1.29, 1.82) is 0 Å². The standard InChI is InChI=1S/C23H27N7O/c1-28-9-11-30(12-10-28)17-6-4-16(5-7-17)26-23-25-13-15-3-8-18-19(22(24)31)14-29(2)21(18)20(15)27-23/h4-7,13-14H,3,8-12H2,1-2H3,(H2,24,31)(H,25,26,27). The maximum Gasteiger partial charge on any atom is 0.250 e. The second-order valence-corrected chi connectivity index (χ2v) is 8.37. The van der Waals surface area contributed by atoms with E-state index in [4.69, 9.17) is 10.7 Å². The van der Waals surface area contributed by atoms with Crippen molar-refractivity contribution < 1.29 is 4.79 Å². The maximum atomic E-state index is 11.8. The van der Waals surface area contributed by atoms with Crippen molar-refractivity contribution in [2.24, 2.45) is 12.8 Å². The smallest absolute Gasteiger partial charge is 0.250 e. The molecular weight excluding hydrogens is 390 g/mol. The zero-order valence-electron chi connectivity index (χ0n) is 17.9. The molecule has 0 radical (unpaired) electrons. The summed E-state index contributed by atoms with van der Waals surface area (Å²) in [6.45, 7) is 4.26. The van der Waals surface area contributed by atoms with Gasteiger partial charge in [-0.05, 0) is 55.3 Å². The SMILES string of the molecule is CN1CCN(c2ccc(Nc3ncc4c(n3)-c3c(c(C(N)=O)cn3C)CC4)cc2)CC1. The first-order valence-corrected chi connectivity index (χ1v) is 10.6. The van der Waals surface area contributed by atoms with Crippen LogP contribution in [0.5, 0.6) is 0 Å². The van der Waals surface area contributed by atoms with Crippen LogP contribution < -0.4 is 16.0 Å². The molecule has 1 aliphatic heterocycles. The van der Waals surface area contributed by atoms with Crippen molar-refractivity contribution in [3.8, 4) is 11.4 Å². The minimum atomic E-state index is -0.395. The average Bonchev–Trinajstić information content (AvgIpc) is 3.12. The van der Waals surface area contributed by atoms with Gasteiger partial charge >= 0.3 is 0 Å². The quantitative estimate of drug-likeness (QED) is 0.676. The minimum Gasteiger partial charge on any atom is -0.369 e. The molecule has 8 heteroatoms. The molecule has 0 atom stereocenters. The molecule has 1 aliphatic carbocycles. The number of carbonyl (C=O) groups excluding carboxylic acids is 1. The van der Waals surface area contributed by atoms with Crippen molar-refractivity contribution in [3.05, 3.63) is 53.3 Å². The third-order valence-electron chi connectivity index (χ3n) is 6.28. The Balaban J connectivity index is 1.38. The fourth-order valence-corrected chi connectivity index (χ4v) is 4.52. The highest BCUT2D eigenvalue weighted by Crippen LogP contribution is 2.35. The van der Waals surface area contributed by atoms with Crippen LogP contribution in [0, 0.1) is 0 Å². The molecule has 1 fully saturated rings. The first-order chi connectivity index (χ1) is 15.0. The van der Waals surface area contributed by atoms with Gasteiger partial charge in [0.2, 0.25) is 5.95 Å². The molecule has 160 valence electrons. The predicted molar refractivity (Wildman–Crippen MR) is 122 cm³/mol. The summed E-state index contributed by atoms with van der Waals surface area (Å²) in [5.74, 6) is 0.147. The summed E-state index contributed by atoms with van der Waals surface area (Å²) in [4.78, 5) is 25.9. The van der Waals surface area contributed by atoms with Gasteiger partial charge in [0.05, 0.1) is 17.0 Å². The van der Waals surface area contributed by atoms with Gasteiger partial charge in [0.1, 0.15) is 0 Å². The molecule has 2 aromatic heterocycles. The Kier molecular flexibility index (Phi) is 4.86. The molecule has 8 nitrogen and oxygen atoms in total. The Morgan fingerprint density at radius 2 is 1.81 bits per heavy atom. The zero-order chi connectivity index (χ0) is 21.5. The molecule has 3 heterocycles. The number of hydrogen-bond acceptors (Lipinski definition) is 6. The number of piperazine rings is 1. The van der Waals surface area contributed by atoms with Gasteiger partial charge in [-0.15, -0.1) is 0 Å². The van der Waals surface area contributed by atoms with Gasteiger partial charge in [-0.2, -0.15) is 0 Å². The van der Waals surface area contributed by atoms with Crippen LogP contribution in [0.3, 0.4) is 0 Å². The Bertz CT molecular complexity index is 1130. The van der Waals surface area contributed by atoms with E-state index in [9.17, 15) is 4.79 Å². The van der Waals surface area contributed by atoms with Crippen LogP contribution >= 0.6 is 0 Å². The summed E-state index contributed by atoms with van der Waals surface area (Å²) in [5.41, 5.74) is 12.2. The molecule has 3 aromatic rings. The number of benzene rings is 1. The normalized spacial score (nSPS) is 16.0. The lowest BCUT2D eigenvalue weighted by Gasteiger charge is -2.34. The molecular formula is C23H27N7O. The van der Waals surface area contributed by atoms with E-state index in [1.165, 1.54) is 5.69 Å². The molecule has 0 bridgehead atoms. The van der Waals surface area contributed by atoms with Gasteiger partial charge in [-0.25, -0.2) is 9.97 Å². The van der Waals surface area contributed by atoms with Crippen LogP contribution in [-0.2, 0) is 19.9 Å². The number of aromatic nitrogens is 3. The number of nitrogens with zero attached hydrogens (tertiary/aromatic N) is 5. The van der Waals surface area contributed by atoms with Gasteiger partial charge in [-0.1, -0.05) is 0 Å². The number of rotatable bonds is 4. The van der Waals surface area contributed by atoms with Crippen molar-refractivity contribution in [1.82, 2.24) is 19.4 Å². The lowest BCUT2D eigenvalue weighted by Crippen LogP contribution is -2.44. The van der Waals surface area contributed by atoms with Crippen LogP contribution in [0.1, 0.15) is 21.5 Å². The Labute approximate surface area is 181 Å². The highest BCUT2D eigenvalue weighted by molar-refractivity contribution is 5.96. The summed E-state index contributed by atoms with van der Waals surface area (Å²) in [6.07, 6.45) is 5.25. The van der Waals surface area contributed by atoms with Crippen molar-refractivity contribution in [2.75, 3.05) is 43.4 Å². The van der Waals surface area contributed by atoms with E-state index < -0.39 is 5.91 Å². The minimum absolute atomic E-state index is 0.395. The van der Waals surface area contributed by atoms with Gasteiger partial charge in [0.15, 0.2) is 0 Å². The van der Waals surface area contributed by atoms with Crippen LogP contribution in [0.4, 0.5) is 17.3 Å². The van der Waals surface area contributed by atoms with Crippen molar-refractivity contribution in [3.63, 3.8) is 0 Å². The second-order valence-electron chi connectivity index (χ2n) is 8.37. The number of nitrogens with one attached hydrogen (secondary N) is 1. The Morgan fingerprint density at radius 3 is 2.52 bits per heavy atom. The van der Waals surface area contributed by atoms with E-state index in [-0.39, 0.29) is 0 Å². The van der Waals surface area contributed by atoms with E-state index in [2.05, 4.69) is 51.4 Å². The number of likely N-dealkylation sites (N-methyl/N-ethyl adjacent to an activating group) is 1. The lowest BCUT2D eigenvalue weighted by molar-refractivity contribution is 0.0999. The van der Waals surface area contributed by atoms with Gasteiger partial charge < -0.3 is 25.4 Å². The van der Waals surface area contributed by atoms with Gasteiger partial charge in [0.25, 0.3) is 5.91 Å². The van der Waals surface area contributed by atoms with Crippen LogP contribution in [-0.4, -0.2) is 58.6 Å². The lowest BCUT2D eigenvalue weighted by atomic mass is 9.92. The van der Waals surface area contributed by atoms with E-state index in [0.717, 1.165) is 67.2 Å². The van der Waals surface area contributed by atoms with Gasteiger partial charge in [0, 0.05) is 57.0 Å². The number of fused-ring (bicyclic) bond motifs is 3. The number of nitrogens with two attached hydrogens (primary N) is 1. The van der Waals surface area contributed by atoms with E-state index in [1.54, 1.807) is 6.20 Å². The highest BCUT2D eigenvalue weighted by atomic mass is 16.1. The van der Waals surface area contributed by atoms with Gasteiger partial charge in [-0.3, -0.25) is 4.79 Å². The third-order valence-corrected chi connectivity index (χ3v) is 6.28. The van der Waals surface area contributed by atoms with Crippen molar-refractivity contribution >= 4 is 23.2 Å². The monoisotopic (exact) mass is 417 g/mol. The van der Waals surface area contributed by atoms with E-state index in [1.807, 2.05) is 17.8 Å². The molecule has 1 aromatic carbocycles. The maximum absolute atomic E-state index is 11.8. The molecule has 3 N–H and O–H groups in total. The molecule has 1 saturated heterocycles. The van der Waals surface area contributed by atoms with E-state index in [0.29, 0.717) is 11.5 Å². The summed E-state index contributed by atoms with van der Waals surface area (Å²) >= 11 is 0. The number of carbonyl (C=O) groups is 1. The Hall–Kier alpha value is -3.39. The fraction of sp³-hybridized carbons (Fsp3) is 0.348. The van der Waals surface area contributed by atoms with Crippen LogP contribution in [0.2, 0.25) is 0 Å². The molecule has 0 spiro atoms. The summed E-state index contributed by atoms with van der Waals surface area (Å²) in [5, 5.41) is 3.32. The van der Waals surface area contributed by atoms with Crippen LogP contribution in [0.25, 0.3) is 11.4 Å². The summed E-state index contributed by atoms with van der Waals surface area (Å²) < 4.78 is 1.94. The highest BCUT2D eigenvalue weighted by Gasteiger charge is 2.26. The first kappa shape index (κ1) is 19.6. The molecule has 1 amide bonds. The second kappa shape index (κ2) is 7.70. The fourth-order valence-electron chi connectivity index (χ4n) is 4.52. The molecule has 0 unspecified atom stereocenters. The number of hydrogen-bond donors (Lipinski definition) is 2. The Morgan fingerprint density at radius 1 is 1.06 bits per heavy atom. The number of aryl methyl sites for hydroxylation is 2. The molecule has 31 heavy (non-hydrogen) atoms. The third kappa shape index (κ3) is 3.63. The summed E-state index contributed by atoms with van der Waals surface area (Å²) in [7, 11) is 4.09. The topological polar surface area (TPSA) is 92.3 Å². The molecule has 5 rings (SSSR count). The number of amides is 1. The summed E-state index contributed by atoms with van der Waals surface area (Å²) in [6, 6.07) is 8.41. The zero-order valence-corrected chi connectivity index (χ0v) is 17.9. The van der Waals surface area contributed by atoms with Crippen LogP contribution in [0.15, 0.2) is 36.7 Å².